The molecule has 0 saturated carbocycles. The maximum atomic E-state index is 12.6. The largest absolute Gasteiger partial charge is 0.339 e. The summed E-state index contributed by atoms with van der Waals surface area (Å²) in [5, 5.41) is 20.9. The Bertz CT molecular complexity index is 1340. The van der Waals surface area contributed by atoms with Gasteiger partial charge in [0.15, 0.2) is 11.6 Å². The van der Waals surface area contributed by atoms with Gasteiger partial charge >= 0.3 is 0 Å². The molecule has 2 N–H and O–H groups in total. The van der Waals surface area contributed by atoms with E-state index in [0.29, 0.717) is 18.1 Å². The summed E-state index contributed by atoms with van der Waals surface area (Å²) in [6.45, 7) is 0. The fraction of sp³-hybridized carbons (Fsp3) is 0.0400. The Morgan fingerprint density at radius 3 is 2.41 bits per heavy atom. The van der Waals surface area contributed by atoms with Gasteiger partial charge in [-0.25, -0.2) is 4.68 Å². The fourth-order valence-electron chi connectivity index (χ4n) is 3.53. The minimum Gasteiger partial charge on any atom is -0.339 e. The highest BCUT2D eigenvalue weighted by Crippen LogP contribution is 2.21. The number of nitrogens with zero attached hydrogens (tertiary/aromatic N) is 4. The average molecular weight is 420 g/mol. The number of carbonyl (C=O) groups excluding carboxylic acids is 1. The highest BCUT2D eigenvalue weighted by Gasteiger charge is 2.08. The number of amides is 1. The number of fused-ring (bicyclic) bond motifs is 1. The van der Waals surface area contributed by atoms with E-state index in [2.05, 4.69) is 38.1 Å². The molecule has 0 aliphatic rings. The summed E-state index contributed by atoms with van der Waals surface area (Å²) in [5.74, 6) is 1.21. The molecule has 32 heavy (non-hydrogen) atoms. The van der Waals surface area contributed by atoms with Gasteiger partial charge in [-0.1, -0.05) is 42.5 Å². The minimum absolute atomic E-state index is 0.0536. The molecule has 0 saturated heterocycles. The van der Waals surface area contributed by atoms with Gasteiger partial charge in [0.05, 0.1) is 6.42 Å². The van der Waals surface area contributed by atoms with Crippen LogP contribution in [0.15, 0.2) is 97.3 Å². The van der Waals surface area contributed by atoms with Crippen molar-refractivity contribution >= 4 is 33.9 Å². The fourth-order valence-corrected chi connectivity index (χ4v) is 3.53. The van der Waals surface area contributed by atoms with E-state index in [9.17, 15) is 4.79 Å². The summed E-state index contributed by atoms with van der Waals surface area (Å²) in [7, 11) is 0. The Hall–Kier alpha value is -4.52. The molecule has 0 unspecified atom stereocenters. The summed E-state index contributed by atoms with van der Waals surface area (Å²) in [5.41, 5.74) is 2.59. The topological polar surface area (TPSA) is 84.7 Å². The Labute approximate surface area is 184 Å². The zero-order chi connectivity index (χ0) is 21.8. The predicted octanol–water partition coefficient (Wildman–Crippen LogP) is 4.74. The van der Waals surface area contributed by atoms with Crippen LogP contribution in [0, 0.1) is 0 Å². The Morgan fingerprint density at radius 1 is 0.812 bits per heavy atom. The molecule has 0 aliphatic heterocycles. The van der Waals surface area contributed by atoms with Crippen LogP contribution in [0.2, 0.25) is 0 Å². The Morgan fingerprint density at radius 2 is 1.62 bits per heavy atom. The second kappa shape index (κ2) is 8.69. The van der Waals surface area contributed by atoms with Crippen LogP contribution >= 0.6 is 0 Å². The van der Waals surface area contributed by atoms with Crippen molar-refractivity contribution in [1.29, 1.82) is 0 Å². The molecule has 0 fully saturated rings. The van der Waals surface area contributed by atoms with E-state index in [0.717, 1.165) is 27.7 Å². The highest BCUT2D eigenvalue weighted by atomic mass is 16.1. The molecule has 1 amide bonds. The number of nitrogens with one attached hydrogen (secondary N) is 2. The smallest absolute Gasteiger partial charge is 0.228 e. The molecule has 7 heteroatoms. The second-order valence-corrected chi connectivity index (χ2v) is 7.29. The molecule has 0 bridgehead atoms. The predicted molar refractivity (Wildman–Crippen MR) is 125 cm³/mol. The summed E-state index contributed by atoms with van der Waals surface area (Å²) >= 11 is 0. The van der Waals surface area contributed by atoms with Gasteiger partial charge < -0.3 is 10.6 Å². The number of aromatic nitrogens is 4. The molecule has 2 aromatic heterocycles. The van der Waals surface area contributed by atoms with Crippen molar-refractivity contribution in [3.63, 3.8) is 0 Å². The number of rotatable bonds is 6. The summed E-state index contributed by atoms with van der Waals surface area (Å²) in [6.07, 6.45) is 3.82. The van der Waals surface area contributed by atoms with Gasteiger partial charge in [-0.3, -0.25) is 4.79 Å². The second-order valence-electron chi connectivity index (χ2n) is 7.29. The van der Waals surface area contributed by atoms with E-state index in [1.54, 1.807) is 10.9 Å². The highest BCUT2D eigenvalue weighted by molar-refractivity contribution is 5.96. The Kier molecular flexibility index (Phi) is 5.28. The van der Waals surface area contributed by atoms with Crippen molar-refractivity contribution in [3.8, 4) is 5.82 Å². The van der Waals surface area contributed by atoms with Crippen LogP contribution in [0.3, 0.4) is 0 Å². The van der Waals surface area contributed by atoms with Crippen molar-refractivity contribution in [1.82, 2.24) is 20.0 Å². The van der Waals surface area contributed by atoms with E-state index < -0.39 is 0 Å². The number of anilines is 3. The molecule has 5 aromatic rings. The number of hydrogen-bond donors (Lipinski definition) is 2. The maximum absolute atomic E-state index is 12.6. The lowest BCUT2D eigenvalue weighted by Crippen LogP contribution is -2.14. The molecular formula is C25H20N6O. The van der Waals surface area contributed by atoms with E-state index in [1.165, 1.54) is 0 Å². The third-order valence-corrected chi connectivity index (χ3v) is 5.06. The van der Waals surface area contributed by atoms with Crippen LogP contribution < -0.4 is 10.6 Å². The lowest BCUT2D eigenvalue weighted by Gasteiger charge is -2.10. The van der Waals surface area contributed by atoms with Crippen LogP contribution in [-0.2, 0) is 11.2 Å². The van der Waals surface area contributed by atoms with Crippen LogP contribution in [0.25, 0.3) is 16.6 Å². The van der Waals surface area contributed by atoms with Crippen LogP contribution in [0.1, 0.15) is 5.56 Å². The first-order valence-corrected chi connectivity index (χ1v) is 10.2. The van der Waals surface area contributed by atoms with Crippen molar-refractivity contribution in [2.45, 2.75) is 6.42 Å². The van der Waals surface area contributed by atoms with Gasteiger partial charge in [0.25, 0.3) is 0 Å². The first-order valence-electron chi connectivity index (χ1n) is 10.2. The standard InChI is InChI=1S/C25H20N6O/c32-25(17-19-7-3-6-18-5-1-2-8-22(18)19)28-21-11-9-20(10-12-21)27-23-13-14-24(30-29-23)31-16-4-15-26-31/h1-16H,17H2,(H,27,29)(H,28,32). The zero-order valence-corrected chi connectivity index (χ0v) is 17.1. The number of benzene rings is 3. The van der Waals surface area contributed by atoms with Crippen molar-refractivity contribution in [3.05, 3.63) is 103 Å². The van der Waals surface area contributed by atoms with E-state index in [-0.39, 0.29) is 5.91 Å². The van der Waals surface area contributed by atoms with Gasteiger partial charge in [0.2, 0.25) is 5.91 Å². The first-order chi connectivity index (χ1) is 15.7. The average Bonchev–Trinajstić information content (AvgIpc) is 3.36. The molecule has 2 heterocycles. The number of carbonyl (C=O) groups is 1. The van der Waals surface area contributed by atoms with Crippen LogP contribution in [-0.4, -0.2) is 25.9 Å². The molecule has 3 aromatic carbocycles. The van der Waals surface area contributed by atoms with E-state index >= 15 is 0 Å². The van der Waals surface area contributed by atoms with Crippen LogP contribution in [0.5, 0.6) is 0 Å². The first kappa shape index (κ1) is 19.4. The molecule has 5 rings (SSSR count). The quantitative estimate of drug-likeness (QED) is 0.414. The van der Waals surface area contributed by atoms with Gasteiger partial charge in [0.1, 0.15) is 0 Å². The molecule has 0 aliphatic carbocycles. The molecular weight excluding hydrogens is 400 g/mol. The van der Waals surface area contributed by atoms with E-state index in [1.807, 2.05) is 79.0 Å². The van der Waals surface area contributed by atoms with Gasteiger partial charge in [-0.15, -0.1) is 10.2 Å². The third kappa shape index (κ3) is 4.32. The van der Waals surface area contributed by atoms with Crippen LogP contribution in [0.4, 0.5) is 17.2 Å². The van der Waals surface area contributed by atoms with Gasteiger partial charge in [0, 0.05) is 23.8 Å². The monoisotopic (exact) mass is 420 g/mol. The van der Waals surface area contributed by atoms with Gasteiger partial charge in [-0.05, 0) is 58.8 Å². The summed E-state index contributed by atoms with van der Waals surface area (Å²) < 4.78 is 1.65. The number of hydrogen-bond acceptors (Lipinski definition) is 5. The summed E-state index contributed by atoms with van der Waals surface area (Å²) in [6, 6.07) is 27.1. The molecule has 156 valence electrons. The normalized spacial score (nSPS) is 10.8. The molecule has 0 spiro atoms. The van der Waals surface area contributed by atoms with E-state index in [4.69, 9.17) is 0 Å². The summed E-state index contributed by atoms with van der Waals surface area (Å²) in [4.78, 5) is 12.6. The van der Waals surface area contributed by atoms with Gasteiger partial charge in [-0.2, -0.15) is 5.10 Å². The lowest BCUT2D eigenvalue weighted by molar-refractivity contribution is -0.115. The molecule has 7 nitrogen and oxygen atoms in total. The zero-order valence-electron chi connectivity index (χ0n) is 17.1. The third-order valence-electron chi connectivity index (χ3n) is 5.06. The molecule has 0 radical (unpaired) electrons. The Balaban J connectivity index is 1.21. The SMILES string of the molecule is O=C(Cc1cccc2ccccc12)Nc1ccc(Nc2ccc(-n3cccn3)nn2)cc1. The lowest BCUT2D eigenvalue weighted by atomic mass is 10.0. The minimum atomic E-state index is -0.0536. The maximum Gasteiger partial charge on any atom is 0.228 e. The van der Waals surface area contributed by atoms with Crippen molar-refractivity contribution in [2.75, 3.05) is 10.6 Å². The van der Waals surface area contributed by atoms with Crippen molar-refractivity contribution < 1.29 is 4.79 Å². The molecule has 0 atom stereocenters. The van der Waals surface area contributed by atoms with Crippen molar-refractivity contribution in [2.24, 2.45) is 0 Å².